The van der Waals surface area contributed by atoms with Gasteiger partial charge in [-0.05, 0) is 86.5 Å². The number of nitrogens with one attached hydrogen (secondary N) is 1. The Balaban J connectivity index is 2.03. The molecular weight excluding hydrogens is 549 g/mol. The van der Waals surface area contributed by atoms with E-state index in [1.807, 2.05) is 6.92 Å². The van der Waals surface area contributed by atoms with Crippen molar-refractivity contribution in [3.8, 4) is 11.5 Å². The number of anilines is 1. The number of carbonyl (C=O) groups is 2. The first kappa shape index (κ1) is 31.4. The normalized spacial score (nSPS) is 11.8. The highest BCUT2D eigenvalue weighted by molar-refractivity contribution is 7.92. The summed E-state index contributed by atoms with van der Waals surface area (Å²) in [6.45, 7) is 5.59. The molecule has 1 N–H and O–H groups in total. The predicted octanol–water partition coefficient (Wildman–Crippen LogP) is 4.37. The summed E-state index contributed by atoms with van der Waals surface area (Å²) in [7, 11) is -2.74. The van der Waals surface area contributed by atoms with Crippen molar-refractivity contribution in [3.63, 3.8) is 0 Å². The van der Waals surface area contributed by atoms with Crippen LogP contribution in [0.1, 0.15) is 32.8 Å². The Morgan fingerprint density at radius 2 is 1.51 bits per heavy atom. The van der Waals surface area contributed by atoms with Crippen LogP contribution in [0.5, 0.6) is 11.5 Å². The quantitative estimate of drug-likeness (QED) is 0.301. The molecule has 3 aromatic carbocycles. The van der Waals surface area contributed by atoms with Crippen LogP contribution in [-0.4, -0.2) is 58.0 Å². The highest BCUT2D eigenvalue weighted by Gasteiger charge is 2.33. The van der Waals surface area contributed by atoms with Crippen LogP contribution in [0.25, 0.3) is 0 Å². The Bertz CT molecular complexity index is 1400. The Labute approximate surface area is 240 Å². The molecular formula is C30H36FN3O6S. The molecule has 41 heavy (non-hydrogen) atoms. The molecule has 0 saturated heterocycles. The minimum absolute atomic E-state index is 0.0544. The number of halogens is 1. The van der Waals surface area contributed by atoms with Gasteiger partial charge in [0.1, 0.15) is 29.9 Å². The second-order valence-electron chi connectivity index (χ2n) is 9.08. The van der Waals surface area contributed by atoms with Gasteiger partial charge in [-0.15, -0.1) is 0 Å². The van der Waals surface area contributed by atoms with Crippen molar-refractivity contribution in [3.05, 3.63) is 84.2 Å². The maximum atomic E-state index is 14.0. The highest BCUT2D eigenvalue weighted by atomic mass is 32.2. The fraction of sp³-hybridized carbons (Fsp3) is 0.333. The number of sulfonamides is 1. The van der Waals surface area contributed by atoms with Gasteiger partial charge in [-0.3, -0.25) is 13.9 Å². The molecule has 0 aliphatic heterocycles. The highest BCUT2D eigenvalue weighted by Crippen LogP contribution is 2.26. The number of amides is 2. The lowest BCUT2D eigenvalue weighted by atomic mass is 10.1. The number of benzene rings is 3. The largest absolute Gasteiger partial charge is 0.497 e. The van der Waals surface area contributed by atoms with E-state index in [4.69, 9.17) is 9.47 Å². The van der Waals surface area contributed by atoms with Gasteiger partial charge in [-0.1, -0.05) is 19.1 Å². The molecule has 0 spiro atoms. The van der Waals surface area contributed by atoms with Crippen LogP contribution in [0.4, 0.5) is 10.1 Å². The van der Waals surface area contributed by atoms with Crippen LogP contribution < -0.4 is 19.1 Å². The summed E-state index contributed by atoms with van der Waals surface area (Å²) in [4.78, 5) is 28.3. The number of nitrogens with zero attached hydrogens (tertiary/aromatic N) is 2. The first-order chi connectivity index (χ1) is 19.6. The van der Waals surface area contributed by atoms with Crippen LogP contribution in [0, 0.1) is 5.82 Å². The minimum atomic E-state index is -4.28. The van der Waals surface area contributed by atoms with Gasteiger partial charge in [0.05, 0.1) is 24.3 Å². The maximum absolute atomic E-state index is 14.0. The summed E-state index contributed by atoms with van der Waals surface area (Å²) in [6.07, 6.45) is 0.302. The van der Waals surface area contributed by atoms with E-state index in [2.05, 4.69) is 5.32 Å². The Morgan fingerprint density at radius 1 is 0.902 bits per heavy atom. The molecule has 3 rings (SSSR count). The summed E-state index contributed by atoms with van der Waals surface area (Å²) < 4.78 is 53.1. The first-order valence-electron chi connectivity index (χ1n) is 13.4. The molecule has 220 valence electrons. The Hall–Kier alpha value is -4.12. The number of hydrogen-bond acceptors (Lipinski definition) is 6. The summed E-state index contributed by atoms with van der Waals surface area (Å²) in [5.74, 6) is -0.375. The van der Waals surface area contributed by atoms with Crippen molar-refractivity contribution in [2.45, 2.75) is 44.7 Å². The van der Waals surface area contributed by atoms with Crippen LogP contribution in [0.3, 0.4) is 0 Å². The predicted molar refractivity (Wildman–Crippen MR) is 155 cm³/mol. The standard InChI is InChI=1S/C30H36FN3O6S/c1-5-28(30(36)32-6-2)33(20-22-8-14-25(39-4)15-9-22)29(35)21-34(24-12-10-23(31)11-13-24)41(37,38)27-18-16-26(17-19-27)40-7-3/h8-19,28H,5-7,20-21H2,1-4H3,(H,32,36)/t28-/m1/s1. The number of hydrogen-bond donors (Lipinski definition) is 1. The van der Waals surface area contributed by atoms with Crippen molar-refractivity contribution < 1.29 is 31.9 Å². The number of carbonyl (C=O) groups excluding carboxylic acids is 2. The van der Waals surface area contributed by atoms with Crippen molar-refractivity contribution in [1.29, 1.82) is 0 Å². The van der Waals surface area contributed by atoms with Crippen LogP contribution >= 0.6 is 0 Å². The third-order valence-corrected chi connectivity index (χ3v) is 8.15. The molecule has 9 nitrogen and oxygen atoms in total. The smallest absolute Gasteiger partial charge is 0.264 e. The zero-order valence-corrected chi connectivity index (χ0v) is 24.5. The minimum Gasteiger partial charge on any atom is -0.497 e. The lowest BCUT2D eigenvalue weighted by Crippen LogP contribution is -2.52. The van der Waals surface area contributed by atoms with Gasteiger partial charge < -0.3 is 19.7 Å². The average Bonchev–Trinajstić information content (AvgIpc) is 2.97. The van der Waals surface area contributed by atoms with Crippen molar-refractivity contribution in [2.24, 2.45) is 0 Å². The monoisotopic (exact) mass is 585 g/mol. The van der Waals surface area contributed by atoms with Crippen molar-refractivity contribution in [2.75, 3.05) is 31.1 Å². The van der Waals surface area contributed by atoms with Crippen LogP contribution in [-0.2, 0) is 26.2 Å². The van der Waals surface area contributed by atoms with Gasteiger partial charge in [0.2, 0.25) is 11.8 Å². The van der Waals surface area contributed by atoms with E-state index in [1.165, 1.54) is 41.3 Å². The molecule has 0 heterocycles. The van der Waals surface area contributed by atoms with Crippen molar-refractivity contribution in [1.82, 2.24) is 10.2 Å². The van der Waals surface area contributed by atoms with E-state index in [0.29, 0.717) is 31.1 Å². The molecule has 1 atom stereocenters. The fourth-order valence-electron chi connectivity index (χ4n) is 4.28. The molecule has 0 fully saturated rings. The SMILES string of the molecule is CCNC(=O)[C@@H](CC)N(Cc1ccc(OC)cc1)C(=O)CN(c1ccc(F)cc1)S(=O)(=O)c1ccc(OCC)cc1. The van der Waals surface area contributed by atoms with Crippen LogP contribution in [0.2, 0.25) is 0 Å². The molecule has 0 bridgehead atoms. The molecule has 3 aromatic rings. The molecule has 2 amide bonds. The van der Waals surface area contributed by atoms with E-state index in [1.54, 1.807) is 45.2 Å². The summed E-state index contributed by atoms with van der Waals surface area (Å²) >= 11 is 0. The van der Waals surface area contributed by atoms with Gasteiger partial charge >= 0.3 is 0 Å². The third-order valence-electron chi connectivity index (χ3n) is 6.37. The fourth-order valence-corrected chi connectivity index (χ4v) is 5.69. The lowest BCUT2D eigenvalue weighted by Gasteiger charge is -2.33. The Kier molecular flexibility index (Phi) is 11.1. The summed E-state index contributed by atoms with van der Waals surface area (Å²) in [5.41, 5.74) is 0.827. The van der Waals surface area contributed by atoms with Crippen LogP contribution in [0.15, 0.2) is 77.7 Å². The molecule has 0 aliphatic rings. The van der Waals surface area contributed by atoms with Gasteiger partial charge in [-0.25, -0.2) is 12.8 Å². The van der Waals surface area contributed by atoms with Gasteiger partial charge in [0.25, 0.3) is 10.0 Å². The number of rotatable bonds is 14. The number of likely N-dealkylation sites (N-methyl/N-ethyl adjacent to an activating group) is 1. The average molecular weight is 586 g/mol. The summed E-state index contributed by atoms with van der Waals surface area (Å²) in [5, 5.41) is 2.76. The molecule has 0 saturated carbocycles. The van der Waals surface area contributed by atoms with Gasteiger partial charge in [0.15, 0.2) is 0 Å². The number of ether oxygens (including phenoxy) is 2. The molecule has 0 unspecified atom stereocenters. The number of methoxy groups -OCH3 is 1. The second kappa shape index (κ2) is 14.5. The van der Waals surface area contributed by atoms with E-state index >= 15 is 0 Å². The second-order valence-corrected chi connectivity index (χ2v) is 10.9. The third kappa shape index (κ3) is 7.97. The molecule has 0 radical (unpaired) electrons. The van der Waals surface area contributed by atoms with E-state index < -0.39 is 34.3 Å². The van der Waals surface area contributed by atoms with Crippen molar-refractivity contribution >= 4 is 27.5 Å². The molecule has 0 aliphatic carbocycles. The van der Waals surface area contributed by atoms with E-state index in [0.717, 1.165) is 22.0 Å². The van der Waals surface area contributed by atoms with Gasteiger partial charge in [0, 0.05) is 13.1 Å². The Morgan fingerprint density at radius 3 is 2.05 bits per heavy atom. The topological polar surface area (TPSA) is 105 Å². The lowest BCUT2D eigenvalue weighted by molar-refractivity contribution is -0.140. The van der Waals surface area contributed by atoms with E-state index in [-0.39, 0.29) is 23.0 Å². The zero-order chi connectivity index (χ0) is 30.0. The zero-order valence-electron chi connectivity index (χ0n) is 23.7. The van der Waals surface area contributed by atoms with Gasteiger partial charge in [-0.2, -0.15) is 0 Å². The first-order valence-corrected chi connectivity index (χ1v) is 14.8. The molecule has 0 aromatic heterocycles. The van der Waals surface area contributed by atoms with E-state index in [9.17, 15) is 22.4 Å². The molecule has 11 heteroatoms. The maximum Gasteiger partial charge on any atom is 0.264 e. The summed E-state index contributed by atoms with van der Waals surface area (Å²) in [6, 6.07) is 16.9.